The summed E-state index contributed by atoms with van der Waals surface area (Å²) in [5, 5.41) is 5.95. The Morgan fingerprint density at radius 1 is 0.870 bits per heavy atom. The van der Waals surface area contributed by atoms with E-state index < -0.39 is 0 Å². The van der Waals surface area contributed by atoms with Crippen molar-refractivity contribution in [2.24, 2.45) is 0 Å². The minimum absolute atomic E-state index is 0.243. The SMILES string of the molecule is O=C(NCc1ccccc1)c1cnc(Nc2ccccc2)cn1. The number of nitrogens with zero attached hydrogens (tertiary/aromatic N) is 2. The van der Waals surface area contributed by atoms with Crippen LogP contribution in [0.4, 0.5) is 11.5 Å². The lowest BCUT2D eigenvalue weighted by Gasteiger charge is -2.07. The largest absolute Gasteiger partial charge is 0.347 e. The molecule has 2 N–H and O–H groups in total. The van der Waals surface area contributed by atoms with Gasteiger partial charge in [0.2, 0.25) is 0 Å². The van der Waals surface area contributed by atoms with Crippen LogP contribution in [0.2, 0.25) is 0 Å². The zero-order chi connectivity index (χ0) is 15.9. The molecule has 0 atom stereocenters. The smallest absolute Gasteiger partial charge is 0.271 e. The predicted molar refractivity (Wildman–Crippen MR) is 89.4 cm³/mol. The van der Waals surface area contributed by atoms with Crippen molar-refractivity contribution in [2.75, 3.05) is 5.32 Å². The molecule has 0 aliphatic heterocycles. The second kappa shape index (κ2) is 7.17. The maximum absolute atomic E-state index is 12.1. The van der Waals surface area contributed by atoms with Gasteiger partial charge in [0.25, 0.3) is 5.91 Å². The van der Waals surface area contributed by atoms with E-state index in [1.807, 2.05) is 60.7 Å². The standard InChI is InChI=1S/C18H16N4O/c23-18(21-11-14-7-3-1-4-8-14)16-12-20-17(13-19-16)22-15-9-5-2-6-10-15/h1-10,12-13H,11H2,(H,20,22)(H,21,23). The van der Waals surface area contributed by atoms with Crippen LogP contribution >= 0.6 is 0 Å². The summed E-state index contributed by atoms with van der Waals surface area (Å²) in [6.07, 6.45) is 3.01. The number of anilines is 2. The normalized spacial score (nSPS) is 10.1. The van der Waals surface area contributed by atoms with Crippen LogP contribution in [0.1, 0.15) is 16.1 Å². The van der Waals surface area contributed by atoms with Gasteiger partial charge in [0.05, 0.1) is 12.4 Å². The zero-order valence-electron chi connectivity index (χ0n) is 12.4. The lowest BCUT2D eigenvalue weighted by molar-refractivity contribution is 0.0945. The summed E-state index contributed by atoms with van der Waals surface area (Å²) in [7, 11) is 0. The van der Waals surface area contributed by atoms with Crippen molar-refractivity contribution in [3.8, 4) is 0 Å². The number of benzene rings is 2. The van der Waals surface area contributed by atoms with E-state index >= 15 is 0 Å². The Morgan fingerprint density at radius 3 is 2.22 bits per heavy atom. The van der Waals surface area contributed by atoms with Crippen LogP contribution in [0.5, 0.6) is 0 Å². The van der Waals surface area contributed by atoms with Gasteiger partial charge in [0.1, 0.15) is 11.5 Å². The molecule has 5 heteroatoms. The fraction of sp³-hybridized carbons (Fsp3) is 0.0556. The molecular formula is C18H16N4O. The number of amides is 1. The molecule has 0 aliphatic rings. The van der Waals surface area contributed by atoms with Crippen molar-refractivity contribution in [1.29, 1.82) is 0 Å². The maximum Gasteiger partial charge on any atom is 0.271 e. The molecule has 1 aromatic heterocycles. The molecule has 0 unspecified atom stereocenters. The fourth-order valence-electron chi connectivity index (χ4n) is 2.05. The van der Waals surface area contributed by atoms with Gasteiger partial charge >= 0.3 is 0 Å². The molecule has 0 aliphatic carbocycles. The van der Waals surface area contributed by atoms with E-state index in [1.54, 1.807) is 6.20 Å². The summed E-state index contributed by atoms with van der Waals surface area (Å²) in [4.78, 5) is 20.4. The van der Waals surface area contributed by atoms with Crippen molar-refractivity contribution >= 4 is 17.4 Å². The monoisotopic (exact) mass is 304 g/mol. The van der Waals surface area contributed by atoms with Crippen LogP contribution in [-0.2, 0) is 6.54 Å². The van der Waals surface area contributed by atoms with Gasteiger partial charge in [-0.25, -0.2) is 9.97 Å². The molecule has 1 heterocycles. The summed E-state index contributed by atoms with van der Waals surface area (Å²) in [5.41, 5.74) is 2.25. The molecule has 0 saturated carbocycles. The fourth-order valence-corrected chi connectivity index (χ4v) is 2.05. The molecule has 0 spiro atoms. The Morgan fingerprint density at radius 2 is 1.57 bits per heavy atom. The first-order valence-electron chi connectivity index (χ1n) is 7.27. The van der Waals surface area contributed by atoms with Gasteiger partial charge in [-0.2, -0.15) is 0 Å². The highest BCUT2D eigenvalue weighted by Crippen LogP contribution is 2.12. The van der Waals surface area contributed by atoms with E-state index in [4.69, 9.17) is 0 Å². The second-order valence-electron chi connectivity index (χ2n) is 4.95. The van der Waals surface area contributed by atoms with E-state index in [0.29, 0.717) is 18.1 Å². The highest BCUT2D eigenvalue weighted by Gasteiger charge is 2.07. The Bertz CT molecular complexity index is 758. The van der Waals surface area contributed by atoms with Crippen LogP contribution in [0, 0.1) is 0 Å². The lowest BCUT2D eigenvalue weighted by Crippen LogP contribution is -2.24. The van der Waals surface area contributed by atoms with Crippen molar-refractivity contribution < 1.29 is 4.79 Å². The van der Waals surface area contributed by atoms with Crippen LogP contribution < -0.4 is 10.6 Å². The summed E-state index contributed by atoms with van der Waals surface area (Å²) in [5.74, 6) is 0.350. The highest BCUT2D eigenvalue weighted by molar-refractivity contribution is 5.92. The lowest BCUT2D eigenvalue weighted by atomic mass is 10.2. The van der Waals surface area contributed by atoms with Gasteiger partial charge < -0.3 is 10.6 Å². The molecule has 0 radical (unpaired) electrons. The number of carbonyl (C=O) groups excluding carboxylic acids is 1. The number of rotatable bonds is 5. The molecule has 114 valence electrons. The molecule has 0 fully saturated rings. The Labute approximate surface area is 134 Å². The zero-order valence-corrected chi connectivity index (χ0v) is 12.4. The Kier molecular flexibility index (Phi) is 4.59. The molecule has 0 saturated heterocycles. The van der Waals surface area contributed by atoms with E-state index in [0.717, 1.165) is 11.3 Å². The Hall–Kier alpha value is -3.21. The highest BCUT2D eigenvalue weighted by atomic mass is 16.1. The van der Waals surface area contributed by atoms with Gasteiger partial charge in [-0.15, -0.1) is 0 Å². The van der Waals surface area contributed by atoms with Gasteiger partial charge in [0.15, 0.2) is 0 Å². The second-order valence-corrected chi connectivity index (χ2v) is 4.95. The van der Waals surface area contributed by atoms with Crippen molar-refractivity contribution in [1.82, 2.24) is 15.3 Å². The summed E-state index contributed by atoms with van der Waals surface area (Å²) >= 11 is 0. The van der Waals surface area contributed by atoms with Gasteiger partial charge in [0, 0.05) is 12.2 Å². The summed E-state index contributed by atoms with van der Waals surface area (Å²) in [6.45, 7) is 0.464. The third-order valence-electron chi connectivity index (χ3n) is 3.23. The molecule has 23 heavy (non-hydrogen) atoms. The number of para-hydroxylation sites is 1. The molecule has 2 aromatic carbocycles. The number of nitrogens with one attached hydrogen (secondary N) is 2. The van der Waals surface area contributed by atoms with Crippen LogP contribution in [0.25, 0.3) is 0 Å². The average Bonchev–Trinajstić information content (AvgIpc) is 2.62. The molecule has 0 bridgehead atoms. The third kappa shape index (κ3) is 4.14. The molecule has 3 aromatic rings. The molecular weight excluding hydrogens is 288 g/mol. The quantitative estimate of drug-likeness (QED) is 0.760. The molecule has 1 amide bonds. The van der Waals surface area contributed by atoms with Gasteiger partial charge in [-0.05, 0) is 17.7 Å². The van der Waals surface area contributed by atoms with E-state index in [2.05, 4.69) is 20.6 Å². The van der Waals surface area contributed by atoms with Gasteiger partial charge in [-0.3, -0.25) is 4.79 Å². The van der Waals surface area contributed by atoms with E-state index in [9.17, 15) is 4.79 Å². The first-order chi connectivity index (χ1) is 11.3. The average molecular weight is 304 g/mol. The number of carbonyl (C=O) groups is 1. The van der Waals surface area contributed by atoms with E-state index in [1.165, 1.54) is 6.20 Å². The first kappa shape index (κ1) is 14.7. The predicted octanol–water partition coefficient (Wildman–Crippen LogP) is 3.15. The van der Waals surface area contributed by atoms with Crippen LogP contribution in [0.3, 0.4) is 0 Å². The van der Waals surface area contributed by atoms with Crippen molar-refractivity contribution in [3.05, 3.63) is 84.3 Å². The number of hydrogen-bond donors (Lipinski definition) is 2. The third-order valence-corrected chi connectivity index (χ3v) is 3.23. The molecule has 3 rings (SSSR count). The first-order valence-corrected chi connectivity index (χ1v) is 7.27. The van der Waals surface area contributed by atoms with Gasteiger partial charge in [-0.1, -0.05) is 48.5 Å². The van der Waals surface area contributed by atoms with E-state index in [-0.39, 0.29) is 5.91 Å². The summed E-state index contributed by atoms with van der Waals surface area (Å²) < 4.78 is 0. The van der Waals surface area contributed by atoms with Crippen molar-refractivity contribution in [2.45, 2.75) is 6.54 Å². The summed E-state index contributed by atoms with van der Waals surface area (Å²) in [6, 6.07) is 19.4. The van der Waals surface area contributed by atoms with Crippen LogP contribution in [0.15, 0.2) is 73.1 Å². The molecule has 5 nitrogen and oxygen atoms in total. The number of hydrogen-bond acceptors (Lipinski definition) is 4. The number of aromatic nitrogens is 2. The minimum Gasteiger partial charge on any atom is -0.347 e. The van der Waals surface area contributed by atoms with Crippen LogP contribution in [-0.4, -0.2) is 15.9 Å². The maximum atomic E-state index is 12.1. The topological polar surface area (TPSA) is 66.9 Å². The Balaban J connectivity index is 1.59. The van der Waals surface area contributed by atoms with Crippen molar-refractivity contribution in [3.63, 3.8) is 0 Å². The minimum atomic E-state index is -0.243.